The monoisotopic (exact) mass is 273 g/mol. The van der Waals surface area contributed by atoms with Gasteiger partial charge in [0.15, 0.2) is 0 Å². The highest BCUT2D eigenvalue weighted by molar-refractivity contribution is 7.98. The van der Waals surface area contributed by atoms with E-state index in [4.69, 9.17) is 11.6 Å². The molecule has 96 valence electrons. The van der Waals surface area contributed by atoms with Crippen LogP contribution in [0.15, 0.2) is 17.4 Å². The van der Waals surface area contributed by atoms with Gasteiger partial charge in [-0.3, -0.25) is 0 Å². The number of anilines is 1. The number of hydrogen-bond donors (Lipinski definition) is 1. The average molecular weight is 274 g/mol. The Kier molecular flexibility index (Phi) is 5.53. The second-order valence-corrected chi connectivity index (χ2v) is 6.19. The van der Waals surface area contributed by atoms with Gasteiger partial charge < -0.3 is 5.32 Å². The molecule has 0 fully saturated rings. The molecule has 1 rings (SSSR count). The van der Waals surface area contributed by atoms with Crippen LogP contribution in [0.5, 0.6) is 0 Å². The number of rotatable bonds is 5. The quantitative estimate of drug-likeness (QED) is 0.505. The molecule has 3 nitrogen and oxygen atoms in total. The Morgan fingerprint density at radius 2 is 2.12 bits per heavy atom. The van der Waals surface area contributed by atoms with Gasteiger partial charge in [0.05, 0.1) is 0 Å². The molecule has 1 aromatic rings. The zero-order valence-corrected chi connectivity index (χ0v) is 12.4. The summed E-state index contributed by atoms with van der Waals surface area (Å²) in [4.78, 5) is 8.40. The van der Waals surface area contributed by atoms with Gasteiger partial charge in [-0.1, -0.05) is 20.8 Å². The molecule has 0 saturated heterocycles. The van der Waals surface area contributed by atoms with Crippen LogP contribution in [0.2, 0.25) is 0 Å². The fourth-order valence-corrected chi connectivity index (χ4v) is 2.14. The van der Waals surface area contributed by atoms with Crippen LogP contribution in [0, 0.1) is 5.41 Å². The first-order valence-corrected chi connectivity index (χ1v) is 7.42. The van der Waals surface area contributed by atoms with E-state index in [-0.39, 0.29) is 5.41 Å². The molecule has 5 heteroatoms. The molecule has 1 heterocycles. The van der Waals surface area contributed by atoms with Crippen molar-refractivity contribution >= 4 is 29.2 Å². The molecule has 1 N–H and O–H groups in total. The average Bonchev–Trinajstić information content (AvgIpc) is 2.27. The van der Waals surface area contributed by atoms with Crippen LogP contribution in [0.3, 0.4) is 0 Å². The van der Waals surface area contributed by atoms with E-state index in [0.29, 0.717) is 11.9 Å². The Hall–Kier alpha value is -0.480. The van der Waals surface area contributed by atoms with Gasteiger partial charge in [0.2, 0.25) is 0 Å². The van der Waals surface area contributed by atoms with E-state index in [2.05, 4.69) is 36.1 Å². The zero-order valence-electron chi connectivity index (χ0n) is 10.8. The van der Waals surface area contributed by atoms with Gasteiger partial charge in [0, 0.05) is 18.0 Å². The molecule has 0 amide bonds. The van der Waals surface area contributed by atoms with Gasteiger partial charge in [0.25, 0.3) is 0 Å². The first-order chi connectivity index (χ1) is 7.97. The van der Waals surface area contributed by atoms with Crippen LogP contribution in [-0.4, -0.2) is 28.1 Å². The summed E-state index contributed by atoms with van der Waals surface area (Å²) < 4.78 is 0. The maximum absolute atomic E-state index is 5.85. The molecule has 0 saturated carbocycles. The number of hydrogen-bond acceptors (Lipinski definition) is 4. The lowest BCUT2D eigenvalue weighted by atomic mass is 9.85. The van der Waals surface area contributed by atoms with Crippen molar-refractivity contribution in [2.24, 2.45) is 5.41 Å². The normalized spacial score (nSPS) is 13.5. The topological polar surface area (TPSA) is 37.8 Å². The van der Waals surface area contributed by atoms with Gasteiger partial charge in [-0.05, 0) is 18.1 Å². The molecule has 0 spiro atoms. The van der Waals surface area contributed by atoms with Crippen molar-refractivity contribution in [3.05, 3.63) is 12.4 Å². The highest BCUT2D eigenvalue weighted by Gasteiger charge is 2.24. The fraction of sp³-hybridized carbons (Fsp3) is 0.667. The van der Waals surface area contributed by atoms with Crippen molar-refractivity contribution in [1.82, 2.24) is 9.97 Å². The second kappa shape index (κ2) is 6.45. The van der Waals surface area contributed by atoms with E-state index in [0.717, 1.165) is 17.3 Å². The predicted molar refractivity (Wildman–Crippen MR) is 76.0 cm³/mol. The molecule has 0 aliphatic heterocycles. The molecule has 1 atom stereocenters. The van der Waals surface area contributed by atoms with Gasteiger partial charge in [-0.15, -0.1) is 23.4 Å². The molecular formula is C12H20ClN3S. The summed E-state index contributed by atoms with van der Waals surface area (Å²) in [7, 11) is 0. The highest BCUT2D eigenvalue weighted by atomic mass is 35.5. The van der Waals surface area contributed by atoms with Crippen LogP contribution >= 0.6 is 23.4 Å². The largest absolute Gasteiger partial charge is 0.367 e. The van der Waals surface area contributed by atoms with Crippen LogP contribution < -0.4 is 5.32 Å². The highest BCUT2D eigenvalue weighted by Crippen LogP contribution is 2.26. The van der Waals surface area contributed by atoms with Gasteiger partial charge in [0.1, 0.15) is 17.2 Å². The third kappa shape index (κ3) is 4.72. The number of aromatic nitrogens is 2. The molecule has 0 aromatic carbocycles. The Balaban J connectivity index is 2.78. The minimum atomic E-state index is 0.152. The van der Waals surface area contributed by atoms with E-state index < -0.39 is 0 Å². The minimum absolute atomic E-state index is 0.152. The maximum Gasteiger partial charge on any atom is 0.130 e. The molecule has 1 unspecified atom stereocenters. The molecular weight excluding hydrogens is 254 g/mol. The second-order valence-electron chi connectivity index (χ2n) is 4.99. The lowest BCUT2D eigenvalue weighted by Gasteiger charge is -2.31. The van der Waals surface area contributed by atoms with Crippen molar-refractivity contribution in [2.75, 3.05) is 17.5 Å². The van der Waals surface area contributed by atoms with Crippen molar-refractivity contribution in [1.29, 1.82) is 0 Å². The summed E-state index contributed by atoms with van der Waals surface area (Å²) in [6, 6.07) is 2.28. The van der Waals surface area contributed by atoms with E-state index in [9.17, 15) is 0 Å². The summed E-state index contributed by atoms with van der Waals surface area (Å²) in [6.45, 7) is 6.61. The Morgan fingerprint density at radius 3 is 2.65 bits per heavy atom. The molecule has 0 aliphatic carbocycles. The van der Waals surface area contributed by atoms with Crippen molar-refractivity contribution in [3.8, 4) is 0 Å². The van der Waals surface area contributed by atoms with Gasteiger partial charge >= 0.3 is 0 Å². The van der Waals surface area contributed by atoms with Crippen LogP contribution in [0.25, 0.3) is 0 Å². The Morgan fingerprint density at radius 1 is 1.41 bits per heavy atom. The summed E-state index contributed by atoms with van der Waals surface area (Å²) in [6.07, 6.45) is 4.52. The van der Waals surface area contributed by atoms with Crippen molar-refractivity contribution in [2.45, 2.75) is 38.3 Å². The van der Waals surface area contributed by atoms with E-state index in [1.54, 1.807) is 18.1 Å². The van der Waals surface area contributed by atoms with E-state index in [1.807, 2.05) is 12.3 Å². The number of alkyl halides is 1. The fourth-order valence-electron chi connectivity index (χ4n) is 1.54. The number of thioether (sulfide) groups is 1. The van der Waals surface area contributed by atoms with Crippen LogP contribution in [0.4, 0.5) is 5.82 Å². The molecule has 0 bridgehead atoms. The van der Waals surface area contributed by atoms with Crippen molar-refractivity contribution < 1.29 is 0 Å². The maximum atomic E-state index is 5.85. The lowest BCUT2D eigenvalue weighted by molar-refractivity contribution is 0.334. The standard InChI is InChI=1S/C12H20ClN3S/c1-12(2,3)9(5-6-13)16-10-7-11(17-4)15-8-14-10/h7-9H,5-6H2,1-4H3,(H,14,15,16). The first-order valence-electron chi connectivity index (χ1n) is 5.66. The third-order valence-electron chi connectivity index (χ3n) is 2.62. The first kappa shape index (κ1) is 14.6. The smallest absolute Gasteiger partial charge is 0.130 e. The van der Waals surface area contributed by atoms with Gasteiger partial charge in [-0.25, -0.2) is 9.97 Å². The molecule has 1 aromatic heterocycles. The summed E-state index contributed by atoms with van der Waals surface area (Å²) in [5.41, 5.74) is 0.152. The summed E-state index contributed by atoms with van der Waals surface area (Å²) in [5.74, 6) is 1.52. The Labute approximate surface area is 113 Å². The number of halogens is 1. The van der Waals surface area contributed by atoms with Crippen molar-refractivity contribution in [3.63, 3.8) is 0 Å². The van der Waals surface area contributed by atoms with E-state index in [1.165, 1.54) is 0 Å². The third-order valence-corrected chi connectivity index (χ3v) is 3.48. The van der Waals surface area contributed by atoms with Gasteiger partial charge in [-0.2, -0.15) is 0 Å². The number of nitrogens with one attached hydrogen (secondary N) is 1. The lowest BCUT2D eigenvalue weighted by Crippen LogP contribution is -2.34. The zero-order chi connectivity index (χ0) is 12.9. The summed E-state index contributed by atoms with van der Waals surface area (Å²) in [5, 5.41) is 4.42. The number of nitrogens with zero attached hydrogens (tertiary/aromatic N) is 2. The predicted octanol–water partition coefficient (Wildman–Crippen LogP) is 3.65. The molecule has 0 aliphatic rings. The molecule has 0 radical (unpaired) electrons. The summed E-state index contributed by atoms with van der Waals surface area (Å²) >= 11 is 7.46. The molecule has 17 heavy (non-hydrogen) atoms. The minimum Gasteiger partial charge on any atom is -0.367 e. The Bertz CT molecular complexity index is 352. The van der Waals surface area contributed by atoms with Crippen LogP contribution in [-0.2, 0) is 0 Å². The SMILES string of the molecule is CSc1cc(NC(CCCl)C(C)(C)C)ncn1. The van der Waals surface area contributed by atoms with E-state index >= 15 is 0 Å². The van der Waals surface area contributed by atoms with Crippen LogP contribution in [0.1, 0.15) is 27.2 Å².